The zero-order chi connectivity index (χ0) is 18.7. The number of sulfone groups is 1. The lowest BCUT2D eigenvalue weighted by atomic mass is 9.83. The number of carbonyl (C=O) groups excluding carboxylic acids is 1. The normalized spacial score (nSPS) is 16.8. The fraction of sp³-hybridized carbons (Fsp3) is 0.444. The summed E-state index contributed by atoms with van der Waals surface area (Å²) < 4.78 is 24.1. The molecule has 1 saturated heterocycles. The Hall–Kier alpha value is -2.17. The molecule has 0 atom stereocenters. The number of benzene rings is 1. The van der Waals surface area contributed by atoms with Crippen molar-refractivity contribution in [2.24, 2.45) is 0 Å². The van der Waals surface area contributed by atoms with E-state index >= 15 is 0 Å². The number of carbonyl (C=O) groups is 1. The van der Waals surface area contributed by atoms with Crippen molar-refractivity contribution in [3.05, 3.63) is 41.3 Å². The highest BCUT2D eigenvalue weighted by molar-refractivity contribution is 7.94. The summed E-state index contributed by atoms with van der Waals surface area (Å²) in [5.74, 6) is 0.0422. The molecule has 1 heterocycles. The number of rotatable bonds is 4. The van der Waals surface area contributed by atoms with Gasteiger partial charge in [-0.3, -0.25) is 4.79 Å². The van der Waals surface area contributed by atoms with Crippen LogP contribution in [0.2, 0.25) is 0 Å². The lowest BCUT2D eigenvalue weighted by Gasteiger charge is -2.37. The first-order valence-corrected chi connectivity index (χ1v) is 9.63. The van der Waals surface area contributed by atoms with E-state index < -0.39 is 15.3 Å². The van der Waals surface area contributed by atoms with Gasteiger partial charge >= 0.3 is 0 Å². The monoisotopic (exact) mass is 361 g/mol. The second-order valence-electron chi connectivity index (χ2n) is 6.72. The molecule has 0 aromatic heterocycles. The van der Waals surface area contributed by atoms with Gasteiger partial charge < -0.3 is 9.80 Å². The lowest BCUT2D eigenvalue weighted by molar-refractivity contribution is -0.137. The Kier molecular flexibility index (Phi) is 5.65. The molecule has 0 bridgehead atoms. The molecular weight excluding hydrogens is 338 g/mol. The number of allylic oxidation sites excluding steroid dienone is 1. The van der Waals surface area contributed by atoms with Gasteiger partial charge in [-0.2, -0.15) is 5.26 Å². The van der Waals surface area contributed by atoms with E-state index in [0.717, 1.165) is 30.1 Å². The van der Waals surface area contributed by atoms with E-state index in [-0.39, 0.29) is 10.8 Å². The van der Waals surface area contributed by atoms with Crippen LogP contribution in [0, 0.1) is 11.3 Å². The first-order chi connectivity index (χ1) is 11.7. The largest absolute Gasteiger partial charge is 0.339 e. The minimum absolute atomic E-state index is 0.0422. The molecule has 134 valence electrons. The van der Waals surface area contributed by atoms with Gasteiger partial charge in [-0.15, -0.1) is 0 Å². The summed E-state index contributed by atoms with van der Waals surface area (Å²) >= 11 is 0. The van der Waals surface area contributed by atoms with Crippen LogP contribution in [0.15, 0.2) is 40.6 Å². The molecule has 1 fully saturated rings. The molecule has 0 spiro atoms. The molecule has 7 heteroatoms. The second-order valence-corrected chi connectivity index (χ2v) is 8.56. The van der Waals surface area contributed by atoms with Gasteiger partial charge in [0.15, 0.2) is 0 Å². The molecule has 0 aliphatic carbocycles. The van der Waals surface area contributed by atoms with E-state index in [9.17, 15) is 13.2 Å². The highest BCUT2D eigenvalue weighted by atomic mass is 32.2. The Morgan fingerprint density at radius 1 is 1.16 bits per heavy atom. The summed E-state index contributed by atoms with van der Waals surface area (Å²) in [6.07, 6.45) is 0.935. The van der Waals surface area contributed by atoms with Crippen LogP contribution in [-0.2, 0) is 20.0 Å². The quantitative estimate of drug-likeness (QED) is 0.760. The Balaban J connectivity index is 2.21. The fourth-order valence-corrected chi connectivity index (χ4v) is 3.70. The van der Waals surface area contributed by atoms with Gasteiger partial charge in [-0.25, -0.2) is 8.42 Å². The van der Waals surface area contributed by atoms with Gasteiger partial charge in [0.25, 0.3) is 0 Å². The average Bonchev–Trinajstić information content (AvgIpc) is 2.60. The molecule has 0 unspecified atom stereocenters. The minimum Gasteiger partial charge on any atom is -0.339 e. The summed E-state index contributed by atoms with van der Waals surface area (Å²) in [6, 6.07) is 7.96. The molecule has 0 saturated carbocycles. The molecule has 1 aromatic rings. The van der Waals surface area contributed by atoms with Gasteiger partial charge in [0.1, 0.15) is 0 Å². The Morgan fingerprint density at radius 2 is 1.72 bits per heavy atom. The molecule has 0 radical (unpaired) electrons. The number of likely N-dealkylation sites (N-methyl/N-ethyl adjacent to an activating group) is 1. The Morgan fingerprint density at radius 3 is 2.24 bits per heavy atom. The van der Waals surface area contributed by atoms with Gasteiger partial charge in [-0.05, 0) is 38.6 Å². The van der Waals surface area contributed by atoms with E-state index in [1.54, 1.807) is 18.2 Å². The zero-order valence-corrected chi connectivity index (χ0v) is 15.6. The predicted molar refractivity (Wildman–Crippen MR) is 95.5 cm³/mol. The summed E-state index contributed by atoms with van der Waals surface area (Å²) in [6.45, 7) is 6.81. The maximum absolute atomic E-state index is 12.9. The molecule has 6 nitrogen and oxygen atoms in total. The molecule has 1 aliphatic rings. The summed E-state index contributed by atoms with van der Waals surface area (Å²) in [5.41, 5.74) is 0.0281. The van der Waals surface area contributed by atoms with Crippen molar-refractivity contribution in [1.82, 2.24) is 9.80 Å². The van der Waals surface area contributed by atoms with Crippen molar-refractivity contribution in [3.63, 3.8) is 0 Å². The number of piperazine rings is 1. The smallest absolute Gasteiger partial charge is 0.232 e. The van der Waals surface area contributed by atoms with Crippen LogP contribution in [0.1, 0.15) is 19.4 Å². The molecule has 1 aliphatic heterocycles. The standard InChI is InChI=1S/C18H23N3O3S/c1-18(2,17(22)21-12-10-20(3)11-13-21)15-5-7-16(8-6-15)25(23,24)14-4-9-19/h4-8,14H,10-13H2,1-3H3/b14-4+. The summed E-state index contributed by atoms with van der Waals surface area (Å²) in [7, 11) is -1.60. The third kappa shape index (κ3) is 4.27. The van der Waals surface area contributed by atoms with Crippen LogP contribution in [0.25, 0.3) is 0 Å². The van der Waals surface area contributed by atoms with E-state index in [1.807, 2.05) is 25.8 Å². The van der Waals surface area contributed by atoms with Crippen molar-refractivity contribution >= 4 is 15.7 Å². The van der Waals surface area contributed by atoms with Gasteiger partial charge in [0.2, 0.25) is 15.7 Å². The van der Waals surface area contributed by atoms with Crippen LogP contribution in [0.5, 0.6) is 0 Å². The topological polar surface area (TPSA) is 81.5 Å². The van der Waals surface area contributed by atoms with E-state index in [2.05, 4.69) is 4.90 Å². The van der Waals surface area contributed by atoms with Crippen LogP contribution in [0.3, 0.4) is 0 Å². The van der Waals surface area contributed by atoms with Gasteiger partial charge in [0.05, 0.1) is 16.4 Å². The number of hydrogen-bond acceptors (Lipinski definition) is 5. The van der Waals surface area contributed by atoms with Crippen LogP contribution in [-0.4, -0.2) is 57.4 Å². The van der Waals surface area contributed by atoms with Gasteiger partial charge in [-0.1, -0.05) is 12.1 Å². The zero-order valence-electron chi connectivity index (χ0n) is 14.8. The molecule has 25 heavy (non-hydrogen) atoms. The fourth-order valence-electron chi connectivity index (χ4n) is 2.79. The highest BCUT2D eigenvalue weighted by Crippen LogP contribution is 2.27. The van der Waals surface area contributed by atoms with Crippen molar-refractivity contribution in [2.45, 2.75) is 24.2 Å². The summed E-state index contributed by atoms with van der Waals surface area (Å²) in [5, 5.41) is 9.36. The SMILES string of the molecule is CN1CCN(C(=O)C(C)(C)c2ccc(S(=O)(=O)/C=C/C#N)cc2)CC1. The van der Waals surface area contributed by atoms with Crippen molar-refractivity contribution < 1.29 is 13.2 Å². The van der Waals surface area contributed by atoms with E-state index in [0.29, 0.717) is 13.1 Å². The Bertz CT molecular complexity index is 797. The highest BCUT2D eigenvalue weighted by Gasteiger charge is 2.34. The molecule has 1 amide bonds. The van der Waals surface area contributed by atoms with Crippen LogP contribution in [0.4, 0.5) is 0 Å². The minimum atomic E-state index is -3.64. The molecule has 2 rings (SSSR count). The van der Waals surface area contributed by atoms with Crippen molar-refractivity contribution in [3.8, 4) is 6.07 Å². The van der Waals surface area contributed by atoms with E-state index in [4.69, 9.17) is 5.26 Å². The number of nitriles is 1. The first kappa shape index (κ1) is 19.2. The third-order valence-electron chi connectivity index (χ3n) is 4.55. The number of hydrogen-bond donors (Lipinski definition) is 0. The van der Waals surface area contributed by atoms with Crippen molar-refractivity contribution in [2.75, 3.05) is 33.2 Å². The van der Waals surface area contributed by atoms with Crippen molar-refractivity contribution in [1.29, 1.82) is 5.26 Å². The summed E-state index contributed by atoms with van der Waals surface area (Å²) in [4.78, 5) is 17.0. The lowest BCUT2D eigenvalue weighted by Crippen LogP contribution is -2.52. The van der Waals surface area contributed by atoms with Gasteiger partial charge in [0, 0.05) is 37.7 Å². The molecular formula is C18H23N3O3S. The number of amides is 1. The first-order valence-electron chi connectivity index (χ1n) is 8.08. The molecule has 0 N–H and O–H groups in total. The second kappa shape index (κ2) is 7.38. The number of nitrogens with zero attached hydrogens (tertiary/aromatic N) is 3. The van der Waals surface area contributed by atoms with Crippen LogP contribution < -0.4 is 0 Å². The predicted octanol–water partition coefficient (Wildman–Crippen LogP) is 1.55. The molecule has 1 aromatic carbocycles. The van der Waals surface area contributed by atoms with Crippen LogP contribution >= 0.6 is 0 Å². The average molecular weight is 361 g/mol. The third-order valence-corrected chi connectivity index (χ3v) is 5.98. The maximum atomic E-state index is 12.9. The Labute approximate surface area is 149 Å². The maximum Gasteiger partial charge on any atom is 0.232 e. The van der Waals surface area contributed by atoms with E-state index in [1.165, 1.54) is 12.1 Å².